The molecule has 2 heterocycles. The number of amides is 2. The second kappa shape index (κ2) is 6.51. The number of benzene rings is 2. The number of nitrogens with one attached hydrogen (secondary N) is 1. The van der Waals surface area contributed by atoms with Crippen molar-refractivity contribution >= 4 is 11.8 Å². The molecule has 2 fully saturated rings. The Labute approximate surface area is 170 Å². The maximum Gasteiger partial charge on any atom is 0.234 e. The van der Waals surface area contributed by atoms with Crippen LogP contribution in [0.15, 0.2) is 48.5 Å². The summed E-state index contributed by atoms with van der Waals surface area (Å²) in [5, 5.41) is 3.35. The monoisotopic (exact) mass is 387 g/mol. The van der Waals surface area contributed by atoms with E-state index in [-0.39, 0.29) is 35.5 Å². The number of likely N-dealkylation sites (tertiary alicyclic amines) is 1. The summed E-state index contributed by atoms with van der Waals surface area (Å²) in [6.45, 7) is 5.19. The van der Waals surface area contributed by atoms with E-state index in [4.69, 9.17) is 0 Å². The molecule has 2 atom stereocenters. The second-order valence-corrected chi connectivity index (χ2v) is 8.68. The molecule has 2 bridgehead atoms. The topological polar surface area (TPSA) is 52.7 Å². The highest BCUT2D eigenvalue weighted by Gasteiger charge is 2.61. The largest absolute Gasteiger partial charge is 0.314 e. The lowest BCUT2D eigenvalue weighted by Gasteiger charge is -2.45. The molecule has 5 aliphatic rings. The smallest absolute Gasteiger partial charge is 0.234 e. The molecule has 2 saturated heterocycles. The SMILES string of the molecule is O=C1[C@H]2C3c4ccccc4C(c4ccccc43)[C@@H]2C(=O)N1CCN1CCNCC1. The first-order valence-electron chi connectivity index (χ1n) is 10.7. The predicted molar refractivity (Wildman–Crippen MR) is 110 cm³/mol. The summed E-state index contributed by atoms with van der Waals surface area (Å²) in [6.07, 6.45) is 0. The minimum absolute atomic E-state index is 0.00182. The zero-order valence-corrected chi connectivity index (χ0v) is 16.4. The third-order valence-corrected chi connectivity index (χ3v) is 7.39. The molecule has 5 heteroatoms. The number of imide groups is 1. The number of carbonyl (C=O) groups is 2. The Balaban J connectivity index is 1.37. The number of hydrogen-bond acceptors (Lipinski definition) is 4. The number of piperazine rings is 1. The van der Waals surface area contributed by atoms with Gasteiger partial charge < -0.3 is 5.32 Å². The average Bonchev–Trinajstić information content (AvgIpc) is 3.03. The molecule has 1 N–H and O–H groups in total. The lowest BCUT2D eigenvalue weighted by molar-refractivity contribution is -0.140. The lowest BCUT2D eigenvalue weighted by atomic mass is 9.55. The van der Waals surface area contributed by atoms with Crippen molar-refractivity contribution < 1.29 is 9.59 Å². The molecule has 2 aromatic rings. The van der Waals surface area contributed by atoms with Gasteiger partial charge in [0, 0.05) is 51.1 Å². The Kier molecular flexibility index (Phi) is 3.90. The van der Waals surface area contributed by atoms with Crippen LogP contribution >= 0.6 is 0 Å². The molecule has 2 amide bonds. The van der Waals surface area contributed by atoms with Crippen LogP contribution in [0.2, 0.25) is 0 Å². The highest BCUT2D eigenvalue weighted by molar-refractivity contribution is 6.07. The van der Waals surface area contributed by atoms with Crippen molar-refractivity contribution in [3.05, 3.63) is 70.8 Å². The van der Waals surface area contributed by atoms with Crippen molar-refractivity contribution in [3.63, 3.8) is 0 Å². The number of hydrogen-bond donors (Lipinski definition) is 1. The number of carbonyl (C=O) groups excluding carboxylic acids is 2. The van der Waals surface area contributed by atoms with E-state index in [9.17, 15) is 9.59 Å². The summed E-state index contributed by atoms with van der Waals surface area (Å²) in [5.74, 6) is -0.431. The van der Waals surface area contributed by atoms with Gasteiger partial charge in [0.05, 0.1) is 11.8 Å². The van der Waals surface area contributed by atoms with Gasteiger partial charge in [-0.15, -0.1) is 0 Å². The van der Waals surface area contributed by atoms with Gasteiger partial charge in [0.2, 0.25) is 11.8 Å². The van der Waals surface area contributed by atoms with E-state index in [2.05, 4.69) is 58.7 Å². The van der Waals surface area contributed by atoms with Gasteiger partial charge in [0.25, 0.3) is 0 Å². The average molecular weight is 387 g/mol. The zero-order valence-electron chi connectivity index (χ0n) is 16.4. The second-order valence-electron chi connectivity index (χ2n) is 8.68. The van der Waals surface area contributed by atoms with Crippen molar-refractivity contribution in [2.45, 2.75) is 11.8 Å². The minimum Gasteiger partial charge on any atom is -0.314 e. The van der Waals surface area contributed by atoms with Gasteiger partial charge in [-0.05, 0) is 22.3 Å². The minimum atomic E-state index is -0.250. The predicted octanol–water partition coefficient (Wildman–Crippen LogP) is 1.78. The molecular weight excluding hydrogens is 362 g/mol. The summed E-state index contributed by atoms with van der Waals surface area (Å²) in [4.78, 5) is 30.9. The normalized spacial score (nSPS) is 30.3. The molecule has 0 aromatic heterocycles. The van der Waals surface area contributed by atoms with Gasteiger partial charge in [-0.2, -0.15) is 0 Å². The van der Waals surface area contributed by atoms with Crippen LogP contribution in [0.1, 0.15) is 34.1 Å². The third-order valence-electron chi connectivity index (χ3n) is 7.39. The van der Waals surface area contributed by atoms with Crippen LogP contribution in [0, 0.1) is 11.8 Å². The van der Waals surface area contributed by atoms with Crippen molar-refractivity contribution in [3.8, 4) is 0 Å². The van der Waals surface area contributed by atoms with Gasteiger partial charge in [0.15, 0.2) is 0 Å². The summed E-state index contributed by atoms with van der Waals surface area (Å²) in [6, 6.07) is 16.8. The van der Waals surface area contributed by atoms with Crippen LogP contribution in [-0.2, 0) is 9.59 Å². The maximum absolute atomic E-state index is 13.5. The standard InChI is InChI=1S/C24H25N3O2/c28-23-21-19-15-5-1-2-6-16(15)20(18-8-4-3-7-17(18)19)22(21)24(29)27(23)14-13-26-11-9-25-10-12-26/h1-8,19-22,25H,9-14H2/t19?,20?,21-,22-/m0/s1. The van der Waals surface area contributed by atoms with Crippen molar-refractivity contribution in [2.75, 3.05) is 39.3 Å². The molecule has 0 spiro atoms. The molecule has 3 aliphatic carbocycles. The maximum atomic E-state index is 13.5. The van der Waals surface area contributed by atoms with Gasteiger partial charge in [-0.25, -0.2) is 0 Å². The van der Waals surface area contributed by atoms with E-state index in [1.807, 2.05) is 0 Å². The van der Waals surface area contributed by atoms with Crippen molar-refractivity contribution in [2.24, 2.45) is 11.8 Å². The first-order chi connectivity index (χ1) is 14.3. The molecule has 7 rings (SSSR count). The summed E-state index contributed by atoms with van der Waals surface area (Å²) in [7, 11) is 0. The molecule has 2 aliphatic heterocycles. The van der Waals surface area contributed by atoms with Gasteiger partial charge in [0.1, 0.15) is 0 Å². The highest BCUT2D eigenvalue weighted by atomic mass is 16.2. The van der Waals surface area contributed by atoms with Crippen LogP contribution in [0.4, 0.5) is 0 Å². The lowest BCUT2D eigenvalue weighted by Crippen LogP contribution is -2.47. The van der Waals surface area contributed by atoms with Gasteiger partial charge >= 0.3 is 0 Å². The Hall–Kier alpha value is -2.50. The van der Waals surface area contributed by atoms with Crippen LogP contribution in [0.5, 0.6) is 0 Å². The van der Waals surface area contributed by atoms with Crippen molar-refractivity contribution in [1.29, 1.82) is 0 Å². The Bertz CT molecular complexity index is 882. The summed E-state index contributed by atoms with van der Waals surface area (Å²) >= 11 is 0. The van der Waals surface area contributed by atoms with E-state index >= 15 is 0 Å². The van der Waals surface area contributed by atoms with Gasteiger partial charge in [-0.1, -0.05) is 48.5 Å². The molecule has 0 saturated carbocycles. The first kappa shape index (κ1) is 17.4. The van der Waals surface area contributed by atoms with Gasteiger partial charge in [-0.3, -0.25) is 19.4 Å². The molecule has 0 unspecified atom stereocenters. The molecule has 29 heavy (non-hydrogen) atoms. The van der Waals surface area contributed by atoms with Crippen LogP contribution in [0.25, 0.3) is 0 Å². The highest BCUT2D eigenvalue weighted by Crippen LogP contribution is 2.60. The summed E-state index contributed by atoms with van der Waals surface area (Å²) in [5.41, 5.74) is 4.95. The molecule has 148 valence electrons. The number of nitrogens with zero attached hydrogens (tertiary/aromatic N) is 2. The Morgan fingerprint density at radius 1 is 0.724 bits per heavy atom. The fraction of sp³-hybridized carbons (Fsp3) is 0.417. The zero-order chi connectivity index (χ0) is 19.5. The fourth-order valence-corrected chi connectivity index (χ4v) is 6.14. The molecule has 0 radical (unpaired) electrons. The van der Waals surface area contributed by atoms with E-state index in [0.717, 1.165) is 32.7 Å². The van der Waals surface area contributed by atoms with Crippen LogP contribution < -0.4 is 5.32 Å². The van der Waals surface area contributed by atoms with E-state index < -0.39 is 0 Å². The molecule has 5 nitrogen and oxygen atoms in total. The first-order valence-corrected chi connectivity index (χ1v) is 10.7. The summed E-state index contributed by atoms with van der Waals surface area (Å²) < 4.78 is 0. The molecule has 2 aromatic carbocycles. The Morgan fingerprint density at radius 2 is 1.17 bits per heavy atom. The van der Waals surface area contributed by atoms with Crippen LogP contribution in [0.3, 0.4) is 0 Å². The van der Waals surface area contributed by atoms with E-state index in [1.54, 1.807) is 4.90 Å². The van der Waals surface area contributed by atoms with E-state index in [1.165, 1.54) is 22.3 Å². The number of rotatable bonds is 3. The Morgan fingerprint density at radius 3 is 1.62 bits per heavy atom. The van der Waals surface area contributed by atoms with Crippen molar-refractivity contribution in [1.82, 2.24) is 15.1 Å². The van der Waals surface area contributed by atoms with E-state index in [0.29, 0.717) is 6.54 Å². The fourth-order valence-electron chi connectivity index (χ4n) is 6.14. The quantitative estimate of drug-likeness (QED) is 0.816. The third kappa shape index (κ3) is 2.41. The molecular formula is C24H25N3O2. The van der Waals surface area contributed by atoms with Crippen LogP contribution in [-0.4, -0.2) is 60.9 Å².